The second-order valence-electron chi connectivity index (χ2n) is 8.14. The molecule has 0 radical (unpaired) electrons. The first-order chi connectivity index (χ1) is 13.4. The number of ether oxygens (including phenoxy) is 2. The molecule has 7 heteroatoms. The van der Waals surface area contributed by atoms with Gasteiger partial charge in [-0.3, -0.25) is 0 Å². The Morgan fingerprint density at radius 3 is 2.64 bits per heavy atom. The van der Waals surface area contributed by atoms with Crippen LogP contribution in [0.15, 0.2) is 23.1 Å². The summed E-state index contributed by atoms with van der Waals surface area (Å²) in [6.45, 7) is 4.04. The highest BCUT2D eigenvalue weighted by atomic mass is 32.2. The van der Waals surface area contributed by atoms with Gasteiger partial charge in [0, 0.05) is 19.2 Å². The maximum Gasteiger partial charge on any atom is 0.410 e. The van der Waals surface area contributed by atoms with Crippen molar-refractivity contribution >= 4 is 17.3 Å². The molecule has 1 saturated carbocycles. The minimum Gasteiger partial charge on any atom is -0.612 e. The van der Waals surface area contributed by atoms with Crippen LogP contribution >= 0.6 is 0 Å². The van der Waals surface area contributed by atoms with Gasteiger partial charge in [-0.1, -0.05) is 0 Å². The smallest absolute Gasteiger partial charge is 0.410 e. The molecular weight excluding hydrogens is 381 g/mol. The fraction of sp³-hybridized carbons (Fsp3) is 0.667. The second kappa shape index (κ2) is 9.35. The van der Waals surface area contributed by atoms with Crippen LogP contribution in [-0.2, 0) is 15.9 Å². The first-order valence-electron chi connectivity index (χ1n) is 10.1. The molecule has 0 aromatic heterocycles. The van der Waals surface area contributed by atoms with E-state index < -0.39 is 17.0 Å². The van der Waals surface area contributed by atoms with Gasteiger partial charge in [0.15, 0.2) is 10.7 Å². The van der Waals surface area contributed by atoms with Gasteiger partial charge < -0.3 is 18.9 Å². The number of likely N-dealkylation sites (tertiary alicyclic amines) is 1. The van der Waals surface area contributed by atoms with Crippen LogP contribution in [-0.4, -0.2) is 47.1 Å². The lowest BCUT2D eigenvalue weighted by Gasteiger charge is -2.40. The van der Waals surface area contributed by atoms with Gasteiger partial charge in [0.1, 0.15) is 17.6 Å². The van der Waals surface area contributed by atoms with Crippen molar-refractivity contribution in [3.63, 3.8) is 0 Å². The first kappa shape index (κ1) is 21.2. The van der Waals surface area contributed by atoms with Crippen LogP contribution in [0.25, 0.3) is 0 Å². The van der Waals surface area contributed by atoms with Crippen LogP contribution in [0.1, 0.15) is 51.9 Å². The highest BCUT2D eigenvalue weighted by Crippen LogP contribution is 2.35. The monoisotopic (exact) mass is 411 g/mol. The SMILES string of the molecule is C[S+]([O-])c1ccc(OCCCC2CCN(C(=O)OC3(C)CCC3)CC2)cc1F. The Hall–Kier alpha value is -1.47. The van der Waals surface area contributed by atoms with Crippen LogP contribution in [0, 0.1) is 11.7 Å². The summed E-state index contributed by atoms with van der Waals surface area (Å²) in [6, 6.07) is 4.47. The van der Waals surface area contributed by atoms with E-state index in [1.165, 1.54) is 18.4 Å². The van der Waals surface area contributed by atoms with Gasteiger partial charge in [0.25, 0.3) is 0 Å². The number of hydrogen-bond acceptors (Lipinski definition) is 4. The predicted molar refractivity (Wildman–Crippen MR) is 106 cm³/mol. The normalized spacial score (nSPS) is 20.4. The van der Waals surface area contributed by atoms with Crippen molar-refractivity contribution in [3.8, 4) is 5.75 Å². The number of benzene rings is 1. The Balaban J connectivity index is 1.32. The van der Waals surface area contributed by atoms with E-state index in [1.807, 2.05) is 11.8 Å². The zero-order chi connectivity index (χ0) is 20.1. The number of hydrogen-bond donors (Lipinski definition) is 0. The molecule has 0 bridgehead atoms. The molecule has 1 unspecified atom stereocenters. The van der Waals surface area contributed by atoms with Gasteiger partial charge in [-0.25, -0.2) is 9.18 Å². The maximum absolute atomic E-state index is 13.8. The summed E-state index contributed by atoms with van der Waals surface area (Å²) in [4.78, 5) is 14.3. The van der Waals surface area contributed by atoms with E-state index in [1.54, 1.807) is 6.07 Å². The number of carbonyl (C=O) groups excluding carboxylic acids is 1. The Morgan fingerprint density at radius 2 is 2.07 bits per heavy atom. The third-order valence-electron chi connectivity index (χ3n) is 5.86. The number of amides is 1. The lowest BCUT2D eigenvalue weighted by atomic mass is 9.82. The average molecular weight is 412 g/mol. The quantitative estimate of drug-likeness (QED) is 0.489. The van der Waals surface area contributed by atoms with Crippen molar-refractivity contribution in [3.05, 3.63) is 24.0 Å². The van der Waals surface area contributed by atoms with Gasteiger partial charge in [-0.05, 0) is 81.1 Å². The number of carbonyl (C=O) groups is 1. The van der Waals surface area contributed by atoms with Crippen molar-refractivity contribution in [2.45, 2.75) is 62.4 Å². The van der Waals surface area contributed by atoms with Gasteiger partial charge in [-0.15, -0.1) is 0 Å². The molecule has 1 aromatic rings. The molecule has 2 fully saturated rings. The van der Waals surface area contributed by atoms with Crippen molar-refractivity contribution in [2.75, 3.05) is 26.0 Å². The highest BCUT2D eigenvalue weighted by Gasteiger charge is 2.37. The van der Waals surface area contributed by atoms with Gasteiger partial charge >= 0.3 is 6.09 Å². The molecule has 1 aliphatic carbocycles. The van der Waals surface area contributed by atoms with Crippen molar-refractivity contribution in [1.82, 2.24) is 4.90 Å². The second-order valence-corrected chi connectivity index (χ2v) is 9.49. The predicted octanol–water partition coefficient (Wildman–Crippen LogP) is 4.51. The molecule has 0 spiro atoms. The Kier molecular flexibility index (Phi) is 7.10. The van der Waals surface area contributed by atoms with Crippen LogP contribution in [0.4, 0.5) is 9.18 Å². The third-order valence-corrected chi connectivity index (χ3v) is 6.81. The number of piperidine rings is 1. The first-order valence-corrected chi connectivity index (χ1v) is 11.7. The minimum atomic E-state index is -1.34. The molecule has 156 valence electrons. The van der Waals surface area contributed by atoms with Crippen LogP contribution in [0.3, 0.4) is 0 Å². The largest absolute Gasteiger partial charge is 0.612 e. The maximum atomic E-state index is 13.8. The molecule has 1 amide bonds. The molecule has 1 heterocycles. The Bertz CT molecular complexity index is 672. The lowest BCUT2D eigenvalue weighted by Crippen LogP contribution is -2.46. The summed E-state index contributed by atoms with van der Waals surface area (Å²) in [5.74, 6) is 0.552. The van der Waals surface area contributed by atoms with Crippen molar-refractivity contribution in [2.24, 2.45) is 5.92 Å². The fourth-order valence-corrected chi connectivity index (χ4v) is 4.42. The molecule has 3 rings (SSSR count). The topological polar surface area (TPSA) is 61.8 Å². The van der Waals surface area contributed by atoms with E-state index in [0.29, 0.717) is 18.3 Å². The zero-order valence-electron chi connectivity index (χ0n) is 16.7. The zero-order valence-corrected chi connectivity index (χ0v) is 17.6. The van der Waals surface area contributed by atoms with Crippen molar-refractivity contribution < 1.29 is 23.2 Å². The van der Waals surface area contributed by atoms with Crippen LogP contribution in [0.2, 0.25) is 0 Å². The van der Waals surface area contributed by atoms with Crippen LogP contribution in [0.5, 0.6) is 5.75 Å². The standard InChI is InChI=1S/C21H30FNO4S/c1-21(10-4-11-21)27-20(24)23-12-8-16(9-13-23)5-3-14-26-17-6-7-19(28(2)25)18(22)15-17/h6-7,15-16H,3-5,8-14H2,1-2H3. The summed E-state index contributed by atoms with van der Waals surface area (Å²) in [5.41, 5.74) is -0.241. The number of nitrogens with zero attached hydrogens (tertiary/aromatic N) is 1. The number of halogens is 1. The molecule has 1 aromatic carbocycles. The van der Waals surface area contributed by atoms with E-state index in [4.69, 9.17) is 9.47 Å². The molecular formula is C21H30FNO4S. The van der Waals surface area contributed by atoms with Gasteiger partial charge in [0.2, 0.25) is 0 Å². The van der Waals surface area contributed by atoms with E-state index >= 15 is 0 Å². The summed E-state index contributed by atoms with van der Waals surface area (Å²) >= 11 is -1.34. The number of rotatable bonds is 7. The summed E-state index contributed by atoms with van der Waals surface area (Å²) in [6.07, 6.45) is 8.25. The minimum absolute atomic E-state index is 0.164. The fourth-order valence-electron chi connectivity index (χ4n) is 3.82. The summed E-state index contributed by atoms with van der Waals surface area (Å²) in [7, 11) is 0. The molecule has 1 aliphatic heterocycles. The van der Waals surface area contributed by atoms with E-state index in [2.05, 4.69) is 0 Å². The molecule has 1 atom stereocenters. The van der Waals surface area contributed by atoms with E-state index in [0.717, 1.165) is 58.0 Å². The van der Waals surface area contributed by atoms with E-state index in [-0.39, 0.29) is 16.6 Å². The van der Waals surface area contributed by atoms with Crippen molar-refractivity contribution in [1.29, 1.82) is 0 Å². The van der Waals surface area contributed by atoms with Crippen LogP contribution < -0.4 is 4.74 Å². The van der Waals surface area contributed by atoms with Gasteiger partial charge in [-0.2, -0.15) is 0 Å². The lowest BCUT2D eigenvalue weighted by molar-refractivity contribution is -0.0506. The Morgan fingerprint density at radius 1 is 1.36 bits per heavy atom. The molecule has 1 saturated heterocycles. The Labute approximate surface area is 169 Å². The van der Waals surface area contributed by atoms with E-state index in [9.17, 15) is 13.7 Å². The molecule has 0 N–H and O–H groups in total. The highest BCUT2D eigenvalue weighted by molar-refractivity contribution is 7.90. The molecule has 5 nitrogen and oxygen atoms in total. The molecule has 28 heavy (non-hydrogen) atoms. The third kappa shape index (κ3) is 5.54. The van der Waals surface area contributed by atoms with Gasteiger partial charge in [0.05, 0.1) is 6.61 Å². The summed E-state index contributed by atoms with van der Waals surface area (Å²) in [5, 5.41) is 0. The summed E-state index contributed by atoms with van der Waals surface area (Å²) < 4.78 is 36.4. The average Bonchev–Trinajstić information content (AvgIpc) is 2.64. The molecule has 2 aliphatic rings.